The first-order valence-electron chi connectivity index (χ1n) is 4.97. The molecule has 15 heavy (non-hydrogen) atoms. The van der Waals surface area contributed by atoms with E-state index in [0.717, 1.165) is 0 Å². The van der Waals surface area contributed by atoms with Gasteiger partial charge in [0.25, 0.3) is 0 Å². The highest BCUT2D eigenvalue weighted by atomic mass is 19.1. The maximum absolute atomic E-state index is 12.9. The standard InChI is InChI=1S/C11H17FN2O/c1-7(2)11(15)6-14-10-4-8(12)3-9(13)5-10/h3-5,7,11,14-15H,6,13H2,1-2H3. The van der Waals surface area contributed by atoms with Crippen molar-refractivity contribution in [2.75, 3.05) is 17.6 Å². The van der Waals surface area contributed by atoms with Gasteiger partial charge in [-0.2, -0.15) is 0 Å². The van der Waals surface area contributed by atoms with Gasteiger partial charge in [0.05, 0.1) is 6.10 Å². The maximum Gasteiger partial charge on any atom is 0.127 e. The van der Waals surface area contributed by atoms with Crippen molar-refractivity contribution in [1.82, 2.24) is 0 Å². The molecule has 1 aromatic rings. The van der Waals surface area contributed by atoms with Crippen molar-refractivity contribution in [3.05, 3.63) is 24.0 Å². The summed E-state index contributed by atoms with van der Waals surface area (Å²) in [6.45, 7) is 4.24. The molecule has 0 amide bonds. The highest BCUT2D eigenvalue weighted by molar-refractivity contribution is 5.54. The van der Waals surface area contributed by atoms with Gasteiger partial charge in [-0.15, -0.1) is 0 Å². The zero-order chi connectivity index (χ0) is 11.4. The van der Waals surface area contributed by atoms with Crippen LogP contribution in [0, 0.1) is 11.7 Å². The summed E-state index contributed by atoms with van der Waals surface area (Å²) in [6.07, 6.45) is -0.450. The Bertz CT molecular complexity index is 308. The van der Waals surface area contributed by atoms with Gasteiger partial charge >= 0.3 is 0 Å². The van der Waals surface area contributed by atoms with Crippen molar-refractivity contribution in [1.29, 1.82) is 0 Å². The fraction of sp³-hybridized carbons (Fsp3) is 0.455. The predicted molar refractivity (Wildman–Crippen MR) is 60.1 cm³/mol. The molecule has 1 atom stereocenters. The lowest BCUT2D eigenvalue weighted by atomic mass is 10.1. The Labute approximate surface area is 89.1 Å². The fourth-order valence-corrected chi connectivity index (χ4v) is 1.17. The molecule has 4 N–H and O–H groups in total. The number of benzene rings is 1. The zero-order valence-corrected chi connectivity index (χ0v) is 9.00. The van der Waals surface area contributed by atoms with Crippen LogP contribution in [-0.4, -0.2) is 17.8 Å². The van der Waals surface area contributed by atoms with E-state index in [4.69, 9.17) is 5.73 Å². The fourth-order valence-electron chi connectivity index (χ4n) is 1.17. The molecule has 0 spiro atoms. The summed E-state index contributed by atoms with van der Waals surface area (Å²) < 4.78 is 12.9. The number of nitrogen functional groups attached to an aromatic ring is 1. The van der Waals surface area contributed by atoms with Crippen molar-refractivity contribution in [2.24, 2.45) is 5.92 Å². The third-order valence-corrected chi connectivity index (χ3v) is 2.20. The lowest BCUT2D eigenvalue weighted by Gasteiger charge is -2.16. The number of nitrogens with two attached hydrogens (primary N) is 1. The van der Waals surface area contributed by atoms with Crippen LogP contribution >= 0.6 is 0 Å². The minimum Gasteiger partial charge on any atom is -0.399 e. The molecule has 0 radical (unpaired) electrons. The molecule has 0 aliphatic heterocycles. The highest BCUT2D eigenvalue weighted by Gasteiger charge is 2.08. The van der Waals surface area contributed by atoms with Gasteiger partial charge in [-0.25, -0.2) is 4.39 Å². The lowest BCUT2D eigenvalue weighted by Crippen LogP contribution is -2.24. The van der Waals surface area contributed by atoms with E-state index in [1.54, 1.807) is 6.07 Å². The van der Waals surface area contributed by atoms with Crippen molar-refractivity contribution in [3.63, 3.8) is 0 Å². The molecule has 0 saturated heterocycles. The first kappa shape index (κ1) is 11.8. The SMILES string of the molecule is CC(C)C(O)CNc1cc(N)cc(F)c1. The van der Waals surface area contributed by atoms with E-state index in [1.807, 2.05) is 13.8 Å². The molecule has 0 bridgehead atoms. The number of anilines is 2. The van der Waals surface area contributed by atoms with Crippen molar-refractivity contribution in [3.8, 4) is 0 Å². The second kappa shape index (κ2) is 4.98. The van der Waals surface area contributed by atoms with Gasteiger partial charge in [-0.1, -0.05) is 13.8 Å². The molecule has 1 rings (SSSR count). The Morgan fingerprint density at radius 2 is 2.07 bits per heavy atom. The van der Waals surface area contributed by atoms with E-state index in [2.05, 4.69) is 5.32 Å². The Morgan fingerprint density at radius 3 is 2.60 bits per heavy atom. The molecule has 0 aliphatic rings. The number of aliphatic hydroxyl groups is 1. The van der Waals surface area contributed by atoms with Crippen molar-refractivity contribution in [2.45, 2.75) is 20.0 Å². The third kappa shape index (κ3) is 3.75. The normalized spacial score (nSPS) is 12.9. The van der Waals surface area contributed by atoms with Gasteiger partial charge in [0.2, 0.25) is 0 Å². The van der Waals surface area contributed by atoms with Crippen LogP contribution in [0.15, 0.2) is 18.2 Å². The summed E-state index contributed by atoms with van der Waals surface area (Å²) in [5, 5.41) is 12.5. The van der Waals surface area contributed by atoms with Crippen LogP contribution in [0.5, 0.6) is 0 Å². The second-order valence-corrected chi connectivity index (χ2v) is 3.97. The van der Waals surface area contributed by atoms with E-state index in [0.29, 0.717) is 17.9 Å². The van der Waals surface area contributed by atoms with Gasteiger partial charge in [0.15, 0.2) is 0 Å². The van der Waals surface area contributed by atoms with Gasteiger partial charge in [-0.3, -0.25) is 0 Å². The molecule has 0 aliphatic carbocycles. The zero-order valence-electron chi connectivity index (χ0n) is 9.00. The summed E-state index contributed by atoms with van der Waals surface area (Å²) in [7, 11) is 0. The summed E-state index contributed by atoms with van der Waals surface area (Å²) in [5.41, 5.74) is 6.44. The van der Waals surface area contributed by atoms with Crippen LogP contribution in [0.3, 0.4) is 0 Å². The monoisotopic (exact) mass is 212 g/mol. The predicted octanol–water partition coefficient (Wildman–Crippen LogP) is 1.84. The number of nitrogens with one attached hydrogen (secondary N) is 1. The Hall–Kier alpha value is -1.29. The number of hydrogen-bond donors (Lipinski definition) is 3. The van der Waals surface area contributed by atoms with Crippen LogP contribution < -0.4 is 11.1 Å². The van der Waals surface area contributed by atoms with Crippen LogP contribution in [0.2, 0.25) is 0 Å². The number of rotatable bonds is 4. The molecule has 0 heterocycles. The highest BCUT2D eigenvalue weighted by Crippen LogP contribution is 2.15. The van der Waals surface area contributed by atoms with Crippen LogP contribution in [0.4, 0.5) is 15.8 Å². The van der Waals surface area contributed by atoms with E-state index in [1.165, 1.54) is 12.1 Å². The number of hydrogen-bond acceptors (Lipinski definition) is 3. The molecule has 1 aromatic carbocycles. The average molecular weight is 212 g/mol. The Balaban J connectivity index is 2.57. The summed E-state index contributed by atoms with van der Waals surface area (Å²) in [5.74, 6) is -0.208. The second-order valence-electron chi connectivity index (χ2n) is 3.97. The molecule has 0 fully saturated rings. The molecule has 84 valence electrons. The Kier molecular flexibility index (Phi) is 3.91. The summed E-state index contributed by atoms with van der Waals surface area (Å²) >= 11 is 0. The lowest BCUT2D eigenvalue weighted by molar-refractivity contribution is 0.138. The topological polar surface area (TPSA) is 58.3 Å². The molecular weight excluding hydrogens is 195 g/mol. The Morgan fingerprint density at radius 1 is 1.40 bits per heavy atom. The average Bonchev–Trinajstić information content (AvgIpc) is 2.12. The van der Waals surface area contributed by atoms with E-state index < -0.39 is 6.10 Å². The maximum atomic E-state index is 12.9. The minimum atomic E-state index is -0.450. The smallest absolute Gasteiger partial charge is 0.127 e. The van der Waals surface area contributed by atoms with E-state index in [9.17, 15) is 9.50 Å². The van der Waals surface area contributed by atoms with Gasteiger partial charge < -0.3 is 16.2 Å². The quantitative estimate of drug-likeness (QED) is 0.667. The molecule has 0 aromatic heterocycles. The van der Waals surface area contributed by atoms with Crippen LogP contribution in [-0.2, 0) is 0 Å². The molecule has 1 unspecified atom stereocenters. The first-order chi connectivity index (χ1) is 6.99. The van der Waals surface area contributed by atoms with Crippen LogP contribution in [0.25, 0.3) is 0 Å². The van der Waals surface area contributed by atoms with Crippen molar-refractivity contribution >= 4 is 11.4 Å². The molecule has 3 nitrogen and oxygen atoms in total. The van der Waals surface area contributed by atoms with Crippen LogP contribution in [0.1, 0.15) is 13.8 Å². The minimum absolute atomic E-state index is 0.170. The van der Waals surface area contributed by atoms with Gasteiger partial charge in [0, 0.05) is 17.9 Å². The first-order valence-corrected chi connectivity index (χ1v) is 4.97. The molecule has 4 heteroatoms. The van der Waals surface area contributed by atoms with Gasteiger partial charge in [0.1, 0.15) is 5.82 Å². The third-order valence-electron chi connectivity index (χ3n) is 2.20. The number of halogens is 1. The van der Waals surface area contributed by atoms with E-state index in [-0.39, 0.29) is 11.7 Å². The summed E-state index contributed by atoms with van der Waals surface area (Å²) in [4.78, 5) is 0. The summed E-state index contributed by atoms with van der Waals surface area (Å²) in [6, 6.07) is 4.24. The molecular formula is C11H17FN2O. The van der Waals surface area contributed by atoms with E-state index >= 15 is 0 Å². The largest absolute Gasteiger partial charge is 0.399 e. The number of aliphatic hydroxyl groups excluding tert-OH is 1. The van der Waals surface area contributed by atoms with Gasteiger partial charge in [-0.05, 0) is 24.1 Å². The molecule has 0 saturated carbocycles. The van der Waals surface area contributed by atoms with Crippen molar-refractivity contribution < 1.29 is 9.50 Å².